The fraction of sp³-hybridized carbons (Fsp3) is 0.100. The number of halogens is 1. The summed E-state index contributed by atoms with van der Waals surface area (Å²) in [7, 11) is 0. The SMILES string of the molecule is Cc1ccc(F)cc1/C=C/C(=O)O. The Labute approximate surface area is 75.3 Å². The molecule has 3 heteroatoms. The van der Waals surface area contributed by atoms with Gasteiger partial charge in [0.15, 0.2) is 0 Å². The topological polar surface area (TPSA) is 37.3 Å². The Kier molecular flexibility index (Phi) is 2.80. The summed E-state index contributed by atoms with van der Waals surface area (Å²) in [5.41, 5.74) is 1.43. The maximum atomic E-state index is 12.7. The first kappa shape index (κ1) is 9.45. The van der Waals surface area contributed by atoms with Crippen LogP contribution in [0.5, 0.6) is 0 Å². The van der Waals surface area contributed by atoms with E-state index in [2.05, 4.69) is 0 Å². The molecule has 2 nitrogen and oxygen atoms in total. The molecule has 0 aliphatic rings. The lowest BCUT2D eigenvalue weighted by Gasteiger charge is -1.98. The molecular formula is C10H9FO2. The lowest BCUT2D eigenvalue weighted by molar-refractivity contribution is -0.131. The van der Waals surface area contributed by atoms with Crippen LogP contribution in [0, 0.1) is 12.7 Å². The number of carboxylic acids is 1. The van der Waals surface area contributed by atoms with E-state index in [-0.39, 0.29) is 5.82 Å². The molecule has 0 fully saturated rings. The second-order valence-electron chi connectivity index (χ2n) is 2.67. The Bertz CT molecular complexity index is 356. The minimum absolute atomic E-state index is 0.365. The van der Waals surface area contributed by atoms with Gasteiger partial charge in [-0.15, -0.1) is 0 Å². The average Bonchev–Trinajstić information content (AvgIpc) is 2.06. The molecule has 13 heavy (non-hydrogen) atoms. The van der Waals surface area contributed by atoms with Crippen LogP contribution in [-0.4, -0.2) is 11.1 Å². The minimum atomic E-state index is -1.04. The van der Waals surface area contributed by atoms with Crippen LogP contribution in [0.15, 0.2) is 24.3 Å². The molecule has 0 aliphatic heterocycles. The normalized spacial score (nSPS) is 10.6. The van der Waals surface area contributed by atoms with Crippen molar-refractivity contribution < 1.29 is 14.3 Å². The minimum Gasteiger partial charge on any atom is -0.478 e. The summed E-state index contributed by atoms with van der Waals surface area (Å²) in [5, 5.41) is 8.35. The van der Waals surface area contributed by atoms with Gasteiger partial charge in [0.2, 0.25) is 0 Å². The maximum absolute atomic E-state index is 12.7. The van der Waals surface area contributed by atoms with Crippen LogP contribution in [0.1, 0.15) is 11.1 Å². The molecule has 1 rings (SSSR count). The molecule has 0 saturated heterocycles. The molecule has 1 aromatic carbocycles. The van der Waals surface area contributed by atoms with Crippen LogP contribution in [0.2, 0.25) is 0 Å². The van der Waals surface area contributed by atoms with E-state index in [1.807, 2.05) is 0 Å². The first-order valence-electron chi connectivity index (χ1n) is 3.77. The van der Waals surface area contributed by atoms with Crippen molar-refractivity contribution in [2.45, 2.75) is 6.92 Å². The van der Waals surface area contributed by atoms with E-state index in [1.165, 1.54) is 18.2 Å². The fourth-order valence-electron chi connectivity index (χ4n) is 0.952. The summed E-state index contributed by atoms with van der Waals surface area (Å²) >= 11 is 0. The highest BCUT2D eigenvalue weighted by molar-refractivity contribution is 5.85. The fourth-order valence-corrected chi connectivity index (χ4v) is 0.952. The summed E-state index contributed by atoms with van der Waals surface area (Å²) < 4.78 is 12.7. The summed E-state index contributed by atoms with van der Waals surface area (Å²) in [4.78, 5) is 10.2. The molecule has 0 saturated carbocycles. The summed E-state index contributed by atoms with van der Waals surface area (Å²) in [6.45, 7) is 1.79. The molecule has 0 spiro atoms. The highest BCUT2D eigenvalue weighted by atomic mass is 19.1. The molecule has 68 valence electrons. The van der Waals surface area contributed by atoms with E-state index in [1.54, 1.807) is 13.0 Å². The van der Waals surface area contributed by atoms with Gasteiger partial charge in [-0.1, -0.05) is 6.07 Å². The van der Waals surface area contributed by atoms with Crippen LogP contribution < -0.4 is 0 Å². The predicted octanol–water partition coefficient (Wildman–Crippen LogP) is 2.23. The smallest absolute Gasteiger partial charge is 0.328 e. The quantitative estimate of drug-likeness (QED) is 0.708. The summed E-state index contributed by atoms with van der Waals surface area (Å²) in [6.07, 6.45) is 2.36. The number of aliphatic carboxylic acids is 1. The molecule has 0 radical (unpaired) electrons. The number of carboxylic acid groups (broad SMARTS) is 1. The standard InChI is InChI=1S/C10H9FO2/c1-7-2-4-9(11)6-8(7)3-5-10(12)13/h2-6H,1H3,(H,12,13)/b5-3+. The molecule has 1 aromatic rings. The van der Waals surface area contributed by atoms with E-state index in [9.17, 15) is 9.18 Å². The molecule has 1 N–H and O–H groups in total. The monoisotopic (exact) mass is 180 g/mol. The van der Waals surface area contributed by atoms with Crippen molar-refractivity contribution in [3.63, 3.8) is 0 Å². The maximum Gasteiger partial charge on any atom is 0.328 e. The van der Waals surface area contributed by atoms with Gasteiger partial charge in [0.25, 0.3) is 0 Å². The Balaban J connectivity index is 3.00. The van der Waals surface area contributed by atoms with Crippen LogP contribution in [0.25, 0.3) is 6.08 Å². The van der Waals surface area contributed by atoms with Crippen molar-refractivity contribution in [2.75, 3.05) is 0 Å². The van der Waals surface area contributed by atoms with Gasteiger partial charge in [0.05, 0.1) is 0 Å². The summed E-state index contributed by atoms with van der Waals surface area (Å²) in [5.74, 6) is -1.40. The van der Waals surface area contributed by atoms with Crippen molar-refractivity contribution in [3.8, 4) is 0 Å². The number of rotatable bonds is 2. The second-order valence-corrected chi connectivity index (χ2v) is 2.67. The third kappa shape index (κ3) is 2.71. The molecule has 0 amide bonds. The van der Waals surface area contributed by atoms with Gasteiger partial charge in [0.1, 0.15) is 5.82 Å². The van der Waals surface area contributed by atoms with Gasteiger partial charge < -0.3 is 5.11 Å². The molecule has 0 aromatic heterocycles. The predicted molar refractivity (Wildman–Crippen MR) is 47.8 cm³/mol. The van der Waals surface area contributed by atoms with Crippen LogP contribution in [0.4, 0.5) is 4.39 Å². The summed E-state index contributed by atoms with van der Waals surface area (Å²) in [6, 6.07) is 4.25. The van der Waals surface area contributed by atoms with E-state index in [0.29, 0.717) is 5.56 Å². The average molecular weight is 180 g/mol. The van der Waals surface area contributed by atoms with Crippen LogP contribution in [0.3, 0.4) is 0 Å². The second kappa shape index (κ2) is 3.85. The Morgan fingerprint density at radius 1 is 1.54 bits per heavy atom. The van der Waals surface area contributed by atoms with Gasteiger partial charge in [-0.25, -0.2) is 9.18 Å². The van der Waals surface area contributed by atoms with Gasteiger partial charge in [-0.3, -0.25) is 0 Å². The van der Waals surface area contributed by atoms with Crippen LogP contribution in [-0.2, 0) is 4.79 Å². The Morgan fingerprint density at radius 2 is 2.23 bits per heavy atom. The zero-order chi connectivity index (χ0) is 9.84. The van der Waals surface area contributed by atoms with Gasteiger partial charge in [0, 0.05) is 6.08 Å². The number of hydrogen-bond acceptors (Lipinski definition) is 1. The van der Waals surface area contributed by atoms with Gasteiger partial charge in [-0.2, -0.15) is 0 Å². The third-order valence-corrected chi connectivity index (χ3v) is 1.65. The lowest BCUT2D eigenvalue weighted by Crippen LogP contribution is -1.88. The molecule has 0 bridgehead atoms. The largest absolute Gasteiger partial charge is 0.478 e. The number of aryl methyl sites for hydroxylation is 1. The van der Waals surface area contributed by atoms with E-state index in [4.69, 9.17) is 5.11 Å². The highest BCUT2D eigenvalue weighted by Crippen LogP contribution is 2.11. The molecule has 0 atom stereocenters. The van der Waals surface area contributed by atoms with Crippen molar-refractivity contribution in [2.24, 2.45) is 0 Å². The third-order valence-electron chi connectivity index (χ3n) is 1.65. The zero-order valence-corrected chi connectivity index (χ0v) is 7.12. The van der Waals surface area contributed by atoms with Crippen molar-refractivity contribution >= 4 is 12.0 Å². The number of carbonyl (C=O) groups is 1. The first-order chi connectivity index (χ1) is 6.09. The van der Waals surface area contributed by atoms with E-state index < -0.39 is 5.97 Å². The Morgan fingerprint density at radius 3 is 2.85 bits per heavy atom. The highest BCUT2D eigenvalue weighted by Gasteiger charge is 1.96. The van der Waals surface area contributed by atoms with Crippen molar-refractivity contribution in [3.05, 3.63) is 41.2 Å². The van der Waals surface area contributed by atoms with Crippen LogP contribution >= 0.6 is 0 Å². The number of benzene rings is 1. The molecular weight excluding hydrogens is 171 g/mol. The van der Waals surface area contributed by atoms with Gasteiger partial charge in [-0.05, 0) is 36.3 Å². The first-order valence-corrected chi connectivity index (χ1v) is 3.77. The van der Waals surface area contributed by atoms with E-state index >= 15 is 0 Å². The van der Waals surface area contributed by atoms with Crippen molar-refractivity contribution in [1.29, 1.82) is 0 Å². The van der Waals surface area contributed by atoms with E-state index in [0.717, 1.165) is 11.6 Å². The molecule has 0 heterocycles. The lowest BCUT2D eigenvalue weighted by atomic mass is 10.1. The zero-order valence-electron chi connectivity index (χ0n) is 7.12. The molecule has 0 aliphatic carbocycles. The van der Waals surface area contributed by atoms with Gasteiger partial charge >= 0.3 is 5.97 Å². The Hall–Kier alpha value is -1.64. The molecule has 0 unspecified atom stereocenters. The van der Waals surface area contributed by atoms with Crippen molar-refractivity contribution in [1.82, 2.24) is 0 Å². The number of hydrogen-bond donors (Lipinski definition) is 1.